The van der Waals surface area contributed by atoms with Crippen molar-refractivity contribution in [1.82, 2.24) is 5.32 Å². The number of aliphatic carboxylic acids is 1. The second-order valence-electron chi connectivity index (χ2n) is 4.74. The van der Waals surface area contributed by atoms with Crippen LogP contribution in [0.25, 0.3) is 0 Å². The molecule has 0 fully saturated rings. The van der Waals surface area contributed by atoms with E-state index in [1.165, 1.54) is 0 Å². The van der Waals surface area contributed by atoms with Crippen LogP contribution in [-0.4, -0.2) is 34.9 Å². The van der Waals surface area contributed by atoms with Crippen molar-refractivity contribution in [3.8, 4) is 5.75 Å². The first-order chi connectivity index (χ1) is 8.90. The molecule has 0 heterocycles. The van der Waals surface area contributed by atoms with E-state index in [2.05, 4.69) is 5.32 Å². The van der Waals surface area contributed by atoms with Crippen LogP contribution in [0.4, 0.5) is 0 Å². The van der Waals surface area contributed by atoms with E-state index in [1.54, 1.807) is 31.2 Å². The Labute approximate surface area is 113 Å². The Kier molecular flexibility index (Phi) is 5.79. The van der Waals surface area contributed by atoms with E-state index in [4.69, 9.17) is 9.84 Å². The maximum atomic E-state index is 10.4. The number of carbonyl (C=O) groups is 1. The number of rotatable bonds is 7. The lowest BCUT2D eigenvalue weighted by Gasteiger charge is -2.20. The van der Waals surface area contributed by atoms with Gasteiger partial charge in [0.1, 0.15) is 5.75 Å². The number of carboxylic acids is 1. The number of aliphatic hydroxyl groups is 1. The summed E-state index contributed by atoms with van der Waals surface area (Å²) in [5.41, 5.74) is 0.724. The van der Waals surface area contributed by atoms with Crippen molar-refractivity contribution in [2.24, 2.45) is 0 Å². The van der Waals surface area contributed by atoms with Crippen molar-refractivity contribution in [2.75, 3.05) is 6.54 Å². The molecule has 0 aromatic heterocycles. The van der Waals surface area contributed by atoms with E-state index in [0.29, 0.717) is 0 Å². The molecule has 19 heavy (non-hydrogen) atoms. The monoisotopic (exact) mass is 267 g/mol. The minimum atomic E-state index is -0.945. The molecule has 0 aliphatic heterocycles. The lowest BCUT2D eigenvalue weighted by molar-refractivity contribution is -0.136. The van der Waals surface area contributed by atoms with Gasteiger partial charge in [0.2, 0.25) is 0 Å². The minimum Gasteiger partial charge on any atom is -0.491 e. The highest BCUT2D eigenvalue weighted by molar-refractivity contribution is 5.69. The molecule has 2 unspecified atom stereocenters. The molecular weight excluding hydrogens is 246 g/mol. The predicted molar refractivity (Wildman–Crippen MR) is 72.3 cm³/mol. The summed E-state index contributed by atoms with van der Waals surface area (Å²) in [7, 11) is 0. The first kappa shape index (κ1) is 15.5. The Bertz CT molecular complexity index is 402. The molecule has 0 saturated carbocycles. The Morgan fingerprint density at radius 1 is 1.26 bits per heavy atom. The van der Waals surface area contributed by atoms with Crippen LogP contribution in [0.15, 0.2) is 24.3 Å². The molecule has 2 atom stereocenters. The predicted octanol–water partition coefficient (Wildman–Crippen LogP) is 1.57. The van der Waals surface area contributed by atoms with Crippen LogP contribution in [0.1, 0.15) is 32.4 Å². The van der Waals surface area contributed by atoms with Crippen molar-refractivity contribution >= 4 is 5.97 Å². The van der Waals surface area contributed by atoms with Crippen molar-refractivity contribution < 1.29 is 19.7 Å². The second kappa shape index (κ2) is 7.11. The van der Waals surface area contributed by atoms with E-state index in [-0.39, 0.29) is 18.7 Å². The van der Waals surface area contributed by atoms with Crippen molar-refractivity contribution in [2.45, 2.75) is 39.0 Å². The second-order valence-corrected chi connectivity index (χ2v) is 4.74. The first-order valence-corrected chi connectivity index (χ1v) is 6.30. The van der Waals surface area contributed by atoms with Gasteiger partial charge in [0, 0.05) is 6.04 Å². The number of hydrogen-bond donors (Lipinski definition) is 3. The van der Waals surface area contributed by atoms with Crippen molar-refractivity contribution in [3.05, 3.63) is 29.8 Å². The molecule has 0 amide bonds. The summed E-state index contributed by atoms with van der Waals surface area (Å²) in [6.07, 6.45) is -0.653. The lowest BCUT2D eigenvalue weighted by atomic mass is 10.0. The molecule has 5 nitrogen and oxygen atoms in total. The van der Waals surface area contributed by atoms with Gasteiger partial charge in [-0.3, -0.25) is 4.79 Å². The highest BCUT2D eigenvalue weighted by Crippen LogP contribution is 2.20. The summed E-state index contributed by atoms with van der Waals surface area (Å²) in [6.45, 7) is 5.46. The van der Waals surface area contributed by atoms with Crippen LogP contribution in [-0.2, 0) is 4.79 Å². The van der Waals surface area contributed by atoms with Gasteiger partial charge in [0.05, 0.1) is 18.8 Å². The van der Waals surface area contributed by atoms with Gasteiger partial charge < -0.3 is 20.3 Å². The van der Waals surface area contributed by atoms with E-state index in [1.807, 2.05) is 13.8 Å². The summed E-state index contributed by atoms with van der Waals surface area (Å²) >= 11 is 0. The summed E-state index contributed by atoms with van der Waals surface area (Å²) in [5, 5.41) is 21.4. The number of nitrogens with one attached hydrogen (secondary N) is 1. The number of hydrogen-bond acceptors (Lipinski definition) is 4. The maximum absolute atomic E-state index is 10.4. The van der Waals surface area contributed by atoms with Crippen LogP contribution < -0.4 is 10.1 Å². The average molecular weight is 267 g/mol. The van der Waals surface area contributed by atoms with Gasteiger partial charge >= 0.3 is 5.97 Å². The molecule has 1 rings (SSSR count). The fourth-order valence-electron chi connectivity index (χ4n) is 1.66. The fourth-order valence-corrected chi connectivity index (χ4v) is 1.66. The van der Waals surface area contributed by atoms with Gasteiger partial charge in [-0.1, -0.05) is 12.1 Å². The molecular formula is C14H21NO4. The topological polar surface area (TPSA) is 78.8 Å². The van der Waals surface area contributed by atoms with Crippen LogP contribution in [0.3, 0.4) is 0 Å². The van der Waals surface area contributed by atoms with Crippen LogP contribution in [0.2, 0.25) is 0 Å². The molecule has 0 bridgehead atoms. The van der Waals surface area contributed by atoms with Gasteiger partial charge in [0.15, 0.2) is 0 Å². The molecule has 0 saturated heterocycles. The van der Waals surface area contributed by atoms with Gasteiger partial charge in [-0.15, -0.1) is 0 Å². The number of benzene rings is 1. The average Bonchev–Trinajstić information content (AvgIpc) is 2.35. The van der Waals surface area contributed by atoms with E-state index >= 15 is 0 Å². The van der Waals surface area contributed by atoms with Crippen LogP contribution >= 0.6 is 0 Å². The standard InChI is InChI=1S/C14H21NO4/c1-9(2)19-12-6-4-11(5-7-12)14(18)10(3)15-8-13(16)17/h4-7,9-10,14-15,18H,8H2,1-3H3,(H,16,17). The van der Waals surface area contributed by atoms with Gasteiger partial charge in [-0.25, -0.2) is 0 Å². The summed E-state index contributed by atoms with van der Waals surface area (Å²) < 4.78 is 5.51. The molecule has 1 aromatic carbocycles. The number of ether oxygens (including phenoxy) is 1. The molecule has 0 aliphatic rings. The summed E-state index contributed by atoms with van der Waals surface area (Å²) in [6, 6.07) is 6.81. The Hall–Kier alpha value is -1.59. The smallest absolute Gasteiger partial charge is 0.317 e. The SMILES string of the molecule is CC(C)Oc1ccc(C(O)C(C)NCC(=O)O)cc1. The van der Waals surface area contributed by atoms with Crippen LogP contribution in [0.5, 0.6) is 5.75 Å². The summed E-state index contributed by atoms with van der Waals surface area (Å²) in [5.74, 6) is -0.197. The third-order valence-electron chi connectivity index (χ3n) is 2.64. The normalized spacial score (nSPS) is 14.2. The molecule has 0 aliphatic carbocycles. The Balaban J connectivity index is 2.61. The highest BCUT2D eigenvalue weighted by Gasteiger charge is 2.16. The fraction of sp³-hybridized carbons (Fsp3) is 0.500. The van der Waals surface area contributed by atoms with E-state index < -0.39 is 12.1 Å². The van der Waals surface area contributed by atoms with Crippen LogP contribution in [0, 0.1) is 0 Å². The number of aliphatic hydroxyl groups excluding tert-OH is 1. The Morgan fingerprint density at radius 2 is 1.84 bits per heavy atom. The van der Waals surface area contributed by atoms with Gasteiger partial charge in [-0.2, -0.15) is 0 Å². The Morgan fingerprint density at radius 3 is 2.32 bits per heavy atom. The molecule has 106 valence electrons. The quantitative estimate of drug-likeness (QED) is 0.699. The van der Waals surface area contributed by atoms with E-state index in [0.717, 1.165) is 11.3 Å². The molecule has 3 N–H and O–H groups in total. The third-order valence-corrected chi connectivity index (χ3v) is 2.64. The van der Waals surface area contributed by atoms with Gasteiger partial charge in [0.25, 0.3) is 0 Å². The molecule has 1 aromatic rings. The van der Waals surface area contributed by atoms with E-state index in [9.17, 15) is 9.90 Å². The van der Waals surface area contributed by atoms with Crippen molar-refractivity contribution in [3.63, 3.8) is 0 Å². The highest BCUT2D eigenvalue weighted by atomic mass is 16.5. The zero-order valence-corrected chi connectivity index (χ0v) is 11.5. The number of carboxylic acid groups (broad SMARTS) is 1. The molecule has 0 radical (unpaired) electrons. The van der Waals surface area contributed by atoms with Crippen molar-refractivity contribution in [1.29, 1.82) is 0 Å². The lowest BCUT2D eigenvalue weighted by Crippen LogP contribution is -2.35. The molecule has 0 spiro atoms. The molecule has 5 heteroatoms. The zero-order valence-electron chi connectivity index (χ0n) is 11.5. The summed E-state index contributed by atoms with van der Waals surface area (Å²) in [4.78, 5) is 10.4. The zero-order chi connectivity index (χ0) is 14.4. The minimum absolute atomic E-state index is 0.104. The largest absolute Gasteiger partial charge is 0.491 e. The maximum Gasteiger partial charge on any atom is 0.317 e. The first-order valence-electron chi connectivity index (χ1n) is 6.30. The third kappa shape index (κ3) is 5.28. The van der Waals surface area contributed by atoms with Gasteiger partial charge in [-0.05, 0) is 38.5 Å².